The Labute approximate surface area is 87.7 Å². The summed E-state index contributed by atoms with van der Waals surface area (Å²) in [7, 11) is 0. The van der Waals surface area contributed by atoms with E-state index in [2.05, 4.69) is 0 Å². The highest BCUT2D eigenvalue weighted by Gasteiger charge is 2.03. The van der Waals surface area contributed by atoms with E-state index < -0.39 is 0 Å². The first kappa shape index (κ1) is 9.68. The highest BCUT2D eigenvalue weighted by atomic mass is 19.1. The SMILES string of the molecule is NN(c1ccccc1)c1ccc(F)cc1. The first-order valence-electron chi connectivity index (χ1n) is 4.63. The van der Waals surface area contributed by atoms with Crippen LogP contribution < -0.4 is 10.9 Å². The second-order valence-electron chi connectivity index (χ2n) is 3.18. The summed E-state index contributed by atoms with van der Waals surface area (Å²) in [5.74, 6) is 5.61. The molecular formula is C12H11FN2. The minimum atomic E-state index is -0.264. The Morgan fingerprint density at radius 2 is 1.33 bits per heavy atom. The molecule has 0 aliphatic carbocycles. The number of rotatable bonds is 2. The fourth-order valence-corrected chi connectivity index (χ4v) is 1.34. The van der Waals surface area contributed by atoms with Crippen molar-refractivity contribution in [3.8, 4) is 0 Å². The van der Waals surface area contributed by atoms with Gasteiger partial charge >= 0.3 is 0 Å². The van der Waals surface area contributed by atoms with E-state index >= 15 is 0 Å². The summed E-state index contributed by atoms with van der Waals surface area (Å²) in [6, 6.07) is 15.6. The highest BCUT2D eigenvalue weighted by molar-refractivity contribution is 5.60. The molecule has 0 fully saturated rings. The van der Waals surface area contributed by atoms with E-state index in [1.807, 2.05) is 30.3 Å². The van der Waals surface area contributed by atoms with Crippen molar-refractivity contribution in [1.29, 1.82) is 0 Å². The van der Waals surface area contributed by atoms with Gasteiger partial charge in [0.1, 0.15) is 5.82 Å². The zero-order chi connectivity index (χ0) is 10.7. The number of hydrogen-bond donors (Lipinski definition) is 1. The van der Waals surface area contributed by atoms with E-state index in [9.17, 15) is 4.39 Å². The van der Waals surface area contributed by atoms with E-state index in [-0.39, 0.29) is 5.82 Å². The smallest absolute Gasteiger partial charge is 0.123 e. The maximum Gasteiger partial charge on any atom is 0.123 e. The topological polar surface area (TPSA) is 29.3 Å². The molecule has 0 atom stereocenters. The molecule has 0 aliphatic rings. The number of hydrogen-bond acceptors (Lipinski definition) is 2. The van der Waals surface area contributed by atoms with Gasteiger partial charge in [-0.15, -0.1) is 0 Å². The molecule has 2 rings (SSSR count). The second kappa shape index (κ2) is 4.11. The predicted molar refractivity (Wildman–Crippen MR) is 59.2 cm³/mol. The summed E-state index contributed by atoms with van der Waals surface area (Å²) in [6.45, 7) is 0. The van der Waals surface area contributed by atoms with Crippen molar-refractivity contribution in [2.75, 3.05) is 5.01 Å². The van der Waals surface area contributed by atoms with Gasteiger partial charge in [-0.25, -0.2) is 10.2 Å². The molecule has 2 nitrogen and oxygen atoms in total. The summed E-state index contributed by atoms with van der Waals surface area (Å²) in [5.41, 5.74) is 1.62. The minimum Gasteiger partial charge on any atom is -0.280 e. The number of nitrogens with zero attached hydrogens (tertiary/aromatic N) is 1. The number of hydrazine groups is 1. The van der Waals surface area contributed by atoms with Gasteiger partial charge in [0.15, 0.2) is 0 Å². The van der Waals surface area contributed by atoms with Crippen LogP contribution in [0.5, 0.6) is 0 Å². The lowest BCUT2D eigenvalue weighted by Crippen LogP contribution is -2.24. The third kappa shape index (κ3) is 2.14. The van der Waals surface area contributed by atoms with Crippen molar-refractivity contribution >= 4 is 11.4 Å². The summed E-state index contributed by atoms with van der Waals surface area (Å²) < 4.78 is 12.7. The number of para-hydroxylation sites is 1. The van der Waals surface area contributed by atoms with Gasteiger partial charge in [0, 0.05) is 0 Å². The second-order valence-corrected chi connectivity index (χ2v) is 3.18. The Kier molecular flexibility index (Phi) is 2.65. The van der Waals surface area contributed by atoms with Crippen molar-refractivity contribution in [2.24, 2.45) is 5.84 Å². The summed E-state index contributed by atoms with van der Waals surface area (Å²) in [4.78, 5) is 0. The van der Waals surface area contributed by atoms with E-state index in [4.69, 9.17) is 5.84 Å². The maximum atomic E-state index is 12.7. The van der Waals surface area contributed by atoms with Gasteiger partial charge in [-0.3, -0.25) is 5.01 Å². The molecular weight excluding hydrogens is 191 g/mol. The maximum absolute atomic E-state index is 12.7. The molecule has 0 spiro atoms. The van der Waals surface area contributed by atoms with Crippen LogP contribution in [0.4, 0.5) is 15.8 Å². The Hall–Kier alpha value is -1.87. The highest BCUT2D eigenvalue weighted by Crippen LogP contribution is 2.20. The van der Waals surface area contributed by atoms with Crippen LogP contribution in [0.25, 0.3) is 0 Å². The van der Waals surface area contributed by atoms with Crippen LogP contribution in [-0.4, -0.2) is 0 Å². The standard InChI is InChI=1S/C12H11FN2/c13-10-6-8-12(9-7-10)15(14)11-4-2-1-3-5-11/h1-9H,14H2. The van der Waals surface area contributed by atoms with Crippen molar-refractivity contribution in [2.45, 2.75) is 0 Å². The molecule has 2 aromatic rings. The third-order valence-corrected chi connectivity index (χ3v) is 2.14. The van der Waals surface area contributed by atoms with Crippen LogP contribution in [0.15, 0.2) is 54.6 Å². The molecule has 0 heterocycles. The fourth-order valence-electron chi connectivity index (χ4n) is 1.34. The van der Waals surface area contributed by atoms with Gasteiger partial charge in [-0.2, -0.15) is 0 Å². The van der Waals surface area contributed by atoms with Crippen LogP contribution in [0.1, 0.15) is 0 Å². The molecule has 76 valence electrons. The minimum absolute atomic E-state index is 0.264. The first-order valence-corrected chi connectivity index (χ1v) is 4.63. The Morgan fingerprint density at radius 1 is 0.800 bits per heavy atom. The summed E-state index contributed by atoms with van der Waals surface area (Å²) >= 11 is 0. The van der Waals surface area contributed by atoms with Crippen LogP contribution in [0.2, 0.25) is 0 Å². The van der Waals surface area contributed by atoms with Gasteiger partial charge in [-0.1, -0.05) is 18.2 Å². The lowest BCUT2D eigenvalue weighted by Gasteiger charge is -2.18. The zero-order valence-electron chi connectivity index (χ0n) is 8.10. The number of benzene rings is 2. The van der Waals surface area contributed by atoms with Crippen molar-refractivity contribution in [1.82, 2.24) is 0 Å². The Bertz CT molecular complexity index is 425. The fraction of sp³-hybridized carbons (Fsp3) is 0. The van der Waals surface area contributed by atoms with Crippen LogP contribution in [-0.2, 0) is 0 Å². The molecule has 0 saturated carbocycles. The Balaban J connectivity index is 2.29. The molecule has 0 bridgehead atoms. The molecule has 2 N–H and O–H groups in total. The van der Waals surface area contributed by atoms with Crippen molar-refractivity contribution < 1.29 is 4.39 Å². The number of halogens is 1. The molecule has 0 saturated heterocycles. The quantitative estimate of drug-likeness (QED) is 0.599. The van der Waals surface area contributed by atoms with Crippen molar-refractivity contribution in [3.63, 3.8) is 0 Å². The average molecular weight is 202 g/mol. The van der Waals surface area contributed by atoms with E-state index in [0.29, 0.717) is 0 Å². The molecule has 0 aliphatic heterocycles. The predicted octanol–water partition coefficient (Wildman–Crippen LogP) is 2.84. The molecule has 0 amide bonds. The molecule has 0 radical (unpaired) electrons. The van der Waals surface area contributed by atoms with E-state index in [0.717, 1.165) is 11.4 Å². The van der Waals surface area contributed by atoms with Gasteiger partial charge in [0.25, 0.3) is 0 Å². The normalized spacial score (nSPS) is 10.0. The van der Waals surface area contributed by atoms with Crippen molar-refractivity contribution in [3.05, 3.63) is 60.4 Å². The van der Waals surface area contributed by atoms with Crippen LogP contribution in [0, 0.1) is 5.82 Å². The van der Waals surface area contributed by atoms with E-state index in [1.165, 1.54) is 17.1 Å². The zero-order valence-corrected chi connectivity index (χ0v) is 8.10. The molecule has 0 unspecified atom stereocenters. The van der Waals surface area contributed by atoms with E-state index in [1.54, 1.807) is 12.1 Å². The average Bonchev–Trinajstić information content (AvgIpc) is 2.30. The number of anilines is 2. The number of nitrogens with two attached hydrogens (primary N) is 1. The molecule has 15 heavy (non-hydrogen) atoms. The molecule has 2 aromatic carbocycles. The third-order valence-electron chi connectivity index (χ3n) is 2.14. The Morgan fingerprint density at radius 3 is 1.93 bits per heavy atom. The monoisotopic (exact) mass is 202 g/mol. The van der Waals surface area contributed by atoms with Gasteiger partial charge in [-0.05, 0) is 36.4 Å². The lowest BCUT2D eigenvalue weighted by atomic mass is 10.2. The lowest BCUT2D eigenvalue weighted by molar-refractivity contribution is 0.628. The van der Waals surface area contributed by atoms with Crippen LogP contribution >= 0.6 is 0 Å². The van der Waals surface area contributed by atoms with Gasteiger partial charge < -0.3 is 0 Å². The molecule has 3 heteroatoms. The molecule has 0 aromatic heterocycles. The first-order chi connectivity index (χ1) is 7.27. The summed E-state index contributed by atoms with van der Waals surface area (Å²) in [5, 5.41) is 1.51. The largest absolute Gasteiger partial charge is 0.280 e. The van der Waals surface area contributed by atoms with Gasteiger partial charge in [0.2, 0.25) is 0 Å². The van der Waals surface area contributed by atoms with Crippen LogP contribution in [0.3, 0.4) is 0 Å². The van der Waals surface area contributed by atoms with Gasteiger partial charge in [0.05, 0.1) is 11.4 Å². The summed E-state index contributed by atoms with van der Waals surface area (Å²) in [6.07, 6.45) is 0.